The maximum absolute atomic E-state index is 14.2. The molecule has 2 atom stereocenters. The van der Waals surface area contributed by atoms with Gasteiger partial charge in [-0.1, -0.05) is 28.9 Å². The zero-order valence-corrected chi connectivity index (χ0v) is 14.1. The quantitative estimate of drug-likeness (QED) is 0.845. The molecule has 2 rings (SSSR count). The summed E-state index contributed by atoms with van der Waals surface area (Å²) in [6.07, 6.45) is 3.42. The molecule has 0 aromatic heterocycles. The van der Waals surface area contributed by atoms with Crippen LogP contribution in [0.4, 0.5) is 4.39 Å². The SMILES string of the molecule is CCCOC1CCCN(C(CN)c2ccc(Br)cc2F)C1. The van der Waals surface area contributed by atoms with Gasteiger partial charge in [-0.05, 0) is 37.9 Å². The fourth-order valence-corrected chi connectivity index (χ4v) is 3.25. The Hall–Kier alpha value is -0.490. The predicted octanol–water partition coefficient (Wildman–Crippen LogP) is 3.48. The van der Waals surface area contributed by atoms with Crippen LogP contribution in [0.25, 0.3) is 0 Å². The van der Waals surface area contributed by atoms with Gasteiger partial charge in [0.15, 0.2) is 0 Å². The first kappa shape index (κ1) is 16.9. The van der Waals surface area contributed by atoms with Crippen LogP contribution in [-0.2, 0) is 4.74 Å². The maximum Gasteiger partial charge on any atom is 0.129 e. The molecule has 1 aromatic rings. The van der Waals surface area contributed by atoms with E-state index in [2.05, 4.69) is 27.8 Å². The van der Waals surface area contributed by atoms with Gasteiger partial charge < -0.3 is 10.5 Å². The van der Waals surface area contributed by atoms with Gasteiger partial charge in [-0.15, -0.1) is 0 Å². The summed E-state index contributed by atoms with van der Waals surface area (Å²) in [4.78, 5) is 2.26. The first-order valence-corrected chi connectivity index (χ1v) is 8.45. The Morgan fingerprint density at radius 3 is 3.00 bits per heavy atom. The molecule has 0 saturated carbocycles. The predicted molar refractivity (Wildman–Crippen MR) is 86.7 cm³/mol. The third-order valence-corrected chi connectivity index (χ3v) is 4.45. The second-order valence-electron chi connectivity index (χ2n) is 5.55. The van der Waals surface area contributed by atoms with E-state index in [-0.39, 0.29) is 18.0 Å². The fraction of sp³-hybridized carbons (Fsp3) is 0.625. The van der Waals surface area contributed by atoms with Crippen LogP contribution in [0.5, 0.6) is 0 Å². The smallest absolute Gasteiger partial charge is 0.129 e. The van der Waals surface area contributed by atoms with E-state index in [1.807, 2.05) is 12.1 Å². The Balaban J connectivity index is 2.09. The van der Waals surface area contributed by atoms with Gasteiger partial charge in [-0.3, -0.25) is 4.90 Å². The van der Waals surface area contributed by atoms with E-state index in [1.54, 1.807) is 0 Å². The molecule has 2 unspecified atom stereocenters. The van der Waals surface area contributed by atoms with Crippen molar-refractivity contribution in [3.63, 3.8) is 0 Å². The first-order valence-electron chi connectivity index (χ1n) is 7.66. The molecule has 118 valence electrons. The molecule has 5 heteroatoms. The Morgan fingerprint density at radius 1 is 1.52 bits per heavy atom. The van der Waals surface area contributed by atoms with E-state index in [0.717, 1.165) is 43.4 Å². The summed E-state index contributed by atoms with van der Waals surface area (Å²) in [5.74, 6) is -0.198. The lowest BCUT2D eigenvalue weighted by atomic mass is 10.00. The largest absolute Gasteiger partial charge is 0.377 e. The second-order valence-corrected chi connectivity index (χ2v) is 6.46. The van der Waals surface area contributed by atoms with Crippen molar-refractivity contribution in [2.45, 2.75) is 38.3 Å². The van der Waals surface area contributed by atoms with Gasteiger partial charge in [-0.25, -0.2) is 4.39 Å². The van der Waals surface area contributed by atoms with Gasteiger partial charge in [0, 0.05) is 29.7 Å². The number of rotatable bonds is 6. The average molecular weight is 359 g/mol. The number of likely N-dealkylation sites (tertiary alicyclic amines) is 1. The van der Waals surface area contributed by atoms with Crippen molar-refractivity contribution in [3.05, 3.63) is 34.1 Å². The molecular weight excluding hydrogens is 335 g/mol. The molecule has 2 N–H and O–H groups in total. The molecule has 1 fully saturated rings. The normalized spacial score (nSPS) is 21.4. The lowest BCUT2D eigenvalue weighted by Crippen LogP contribution is -2.44. The number of hydrogen-bond acceptors (Lipinski definition) is 3. The van der Waals surface area contributed by atoms with Crippen LogP contribution in [0, 0.1) is 5.82 Å². The van der Waals surface area contributed by atoms with Crippen molar-refractivity contribution in [3.8, 4) is 0 Å². The van der Waals surface area contributed by atoms with Crippen LogP contribution in [0.15, 0.2) is 22.7 Å². The Morgan fingerprint density at radius 2 is 2.33 bits per heavy atom. The van der Waals surface area contributed by atoms with Crippen molar-refractivity contribution in [2.75, 3.05) is 26.2 Å². The summed E-state index contributed by atoms with van der Waals surface area (Å²) in [6.45, 7) is 5.10. The number of nitrogens with two attached hydrogens (primary N) is 1. The molecule has 3 nitrogen and oxygen atoms in total. The molecule has 1 aliphatic rings. The highest BCUT2D eigenvalue weighted by Gasteiger charge is 2.28. The van der Waals surface area contributed by atoms with Crippen LogP contribution >= 0.6 is 15.9 Å². The molecule has 0 bridgehead atoms. The summed E-state index contributed by atoms with van der Waals surface area (Å²) in [7, 11) is 0. The van der Waals surface area contributed by atoms with Crippen LogP contribution in [0.2, 0.25) is 0 Å². The first-order chi connectivity index (χ1) is 10.2. The Kier molecular flexibility index (Phi) is 6.61. The van der Waals surface area contributed by atoms with Gasteiger partial charge >= 0.3 is 0 Å². The highest BCUT2D eigenvalue weighted by atomic mass is 79.9. The second kappa shape index (κ2) is 8.22. The minimum absolute atomic E-state index is 0.0777. The molecule has 1 saturated heterocycles. The highest BCUT2D eigenvalue weighted by Crippen LogP contribution is 2.28. The number of ether oxygens (including phenoxy) is 1. The summed E-state index contributed by atoms with van der Waals surface area (Å²) in [6, 6.07) is 5.13. The molecular formula is C16H24BrFN2O. The zero-order chi connectivity index (χ0) is 15.2. The molecule has 1 aromatic carbocycles. The number of piperidine rings is 1. The zero-order valence-electron chi connectivity index (χ0n) is 12.5. The van der Waals surface area contributed by atoms with Gasteiger partial charge in [-0.2, -0.15) is 0 Å². The minimum Gasteiger partial charge on any atom is -0.377 e. The minimum atomic E-state index is -0.198. The molecule has 1 aliphatic heterocycles. The lowest BCUT2D eigenvalue weighted by molar-refractivity contribution is -0.0122. The molecule has 0 aliphatic carbocycles. The molecule has 21 heavy (non-hydrogen) atoms. The van der Waals surface area contributed by atoms with Crippen LogP contribution < -0.4 is 5.73 Å². The van der Waals surface area contributed by atoms with Crippen molar-refractivity contribution < 1.29 is 9.13 Å². The van der Waals surface area contributed by atoms with Crippen LogP contribution in [-0.4, -0.2) is 37.2 Å². The molecule has 0 spiro atoms. The number of hydrogen-bond donors (Lipinski definition) is 1. The molecule has 0 amide bonds. The van der Waals surface area contributed by atoms with Crippen LogP contribution in [0.3, 0.4) is 0 Å². The number of nitrogens with zero attached hydrogens (tertiary/aromatic N) is 1. The van der Waals surface area contributed by atoms with Crippen LogP contribution in [0.1, 0.15) is 37.8 Å². The fourth-order valence-electron chi connectivity index (χ4n) is 2.91. The molecule has 0 radical (unpaired) electrons. The van der Waals surface area contributed by atoms with Crippen molar-refractivity contribution in [2.24, 2.45) is 5.73 Å². The number of benzene rings is 1. The van der Waals surface area contributed by atoms with E-state index >= 15 is 0 Å². The summed E-state index contributed by atoms with van der Waals surface area (Å²) in [5, 5.41) is 0. The summed E-state index contributed by atoms with van der Waals surface area (Å²) < 4.78 is 20.8. The van der Waals surface area contributed by atoms with Gasteiger partial charge in [0.2, 0.25) is 0 Å². The van der Waals surface area contributed by atoms with Crippen molar-refractivity contribution in [1.29, 1.82) is 0 Å². The lowest BCUT2D eigenvalue weighted by Gasteiger charge is -2.38. The Bertz CT molecular complexity index is 458. The van der Waals surface area contributed by atoms with E-state index in [4.69, 9.17) is 10.5 Å². The number of halogens is 2. The van der Waals surface area contributed by atoms with Gasteiger partial charge in [0.05, 0.1) is 12.1 Å². The van der Waals surface area contributed by atoms with E-state index < -0.39 is 0 Å². The van der Waals surface area contributed by atoms with Gasteiger partial charge in [0.1, 0.15) is 5.82 Å². The van der Waals surface area contributed by atoms with Crippen molar-refractivity contribution in [1.82, 2.24) is 4.90 Å². The standard InChI is InChI=1S/C16H24BrFN2O/c1-2-8-21-13-4-3-7-20(11-13)16(10-19)14-6-5-12(17)9-15(14)18/h5-6,9,13,16H,2-4,7-8,10-11,19H2,1H3. The molecule has 1 heterocycles. The Labute approximate surface area is 134 Å². The summed E-state index contributed by atoms with van der Waals surface area (Å²) >= 11 is 3.30. The highest BCUT2D eigenvalue weighted by molar-refractivity contribution is 9.10. The maximum atomic E-state index is 14.2. The van der Waals surface area contributed by atoms with Crippen molar-refractivity contribution >= 4 is 15.9 Å². The van der Waals surface area contributed by atoms with Gasteiger partial charge in [0.25, 0.3) is 0 Å². The van der Waals surface area contributed by atoms with E-state index in [0.29, 0.717) is 12.1 Å². The third kappa shape index (κ3) is 4.49. The topological polar surface area (TPSA) is 38.5 Å². The third-order valence-electron chi connectivity index (χ3n) is 3.95. The van der Waals surface area contributed by atoms with E-state index in [1.165, 1.54) is 6.07 Å². The monoisotopic (exact) mass is 358 g/mol. The average Bonchev–Trinajstić information content (AvgIpc) is 2.48. The summed E-state index contributed by atoms with van der Waals surface area (Å²) in [5.41, 5.74) is 6.60. The van der Waals surface area contributed by atoms with E-state index in [9.17, 15) is 4.39 Å².